The van der Waals surface area contributed by atoms with Crippen LogP contribution in [0, 0.1) is 0 Å². The van der Waals surface area contributed by atoms with Gasteiger partial charge in [0, 0.05) is 6.61 Å². The van der Waals surface area contributed by atoms with Gasteiger partial charge in [-0.05, 0) is 13.3 Å². The standard InChI is InChI=1S/C9H20O3.2CH4/c1-3-4-5-11-6-7-12-8-9(2)10;;/h9-10H,3-8H2,1-2H3;2*1H4. The summed E-state index contributed by atoms with van der Waals surface area (Å²) >= 11 is 0. The van der Waals surface area contributed by atoms with E-state index in [2.05, 4.69) is 6.92 Å². The highest BCUT2D eigenvalue weighted by atomic mass is 16.5. The molecular weight excluding hydrogens is 180 g/mol. The first-order chi connectivity index (χ1) is 5.77. The normalized spacial score (nSPS) is 11.4. The lowest BCUT2D eigenvalue weighted by atomic mass is 10.4. The molecule has 1 unspecified atom stereocenters. The molecule has 0 aliphatic rings. The average Bonchev–Trinajstić information content (AvgIpc) is 2.02. The van der Waals surface area contributed by atoms with Crippen LogP contribution in [0.2, 0.25) is 0 Å². The first-order valence-corrected chi connectivity index (χ1v) is 4.61. The van der Waals surface area contributed by atoms with Crippen LogP contribution < -0.4 is 0 Å². The summed E-state index contributed by atoms with van der Waals surface area (Å²) in [7, 11) is 0. The van der Waals surface area contributed by atoms with Crippen LogP contribution in [0.4, 0.5) is 0 Å². The van der Waals surface area contributed by atoms with Crippen LogP contribution in [0.25, 0.3) is 0 Å². The van der Waals surface area contributed by atoms with Crippen molar-refractivity contribution in [2.75, 3.05) is 26.4 Å². The minimum Gasteiger partial charge on any atom is -0.391 e. The zero-order chi connectivity index (χ0) is 9.23. The third-order valence-corrected chi connectivity index (χ3v) is 1.37. The van der Waals surface area contributed by atoms with Crippen molar-refractivity contribution >= 4 is 0 Å². The molecule has 0 spiro atoms. The number of aliphatic hydroxyl groups excluding tert-OH is 1. The fraction of sp³-hybridized carbons (Fsp3) is 1.00. The lowest BCUT2D eigenvalue weighted by Gasteiger charge is -2.06. The Kier molecular flexibility index (Phi) is 21.3. The second-order valence-electron chi connectivity index (χ2n) is 2.89. The van der Waals surface area contributed by atoms with Crippen molar-refractivity contribution in [1.29, 1.82) is 0 Å². The Hall–Kier alpha value is -0.120. The largest absolute Gasteiger partial charge is 0.391 e. The predicted molar refractivity (Wildman–Crippen MR) is 61.7 cm³/mol. The van der Waals surface area contributed by atoms with Gasteiger partial charge in [-0.3, -0.25) is 0 Å². The van der Waals surface area contributed by atoms with Gasteiger partial charge < -0.3 is 14.6 Å². The fourth-order valence-corrected chi connectivity index (χ4v) is 0.720. The van der Waals surface area contributed by atoms with E-state index in [1.807, 2.05) is 0 Å². The van der Waals surface area contributed by atoms with E-state index in [0.29, 0.717) is 19.8 Å². The summed E-state index contributed by atoms with van der Waals surface area (Å²) in [6.07, 6.45) is 1.89. The summed E-state index contributed by atoms with van der Waals surface area (Å²) < 4.78 is 10.3. The molecule has 3 heteroatoms. The Morgan fingerprint density at radius 1 is 1.07 bits per heavy atom. The Balaban J connectivity index is -0.000000605. The average molecular weight is 208 g/mol. The third-order valence-electron chi connectivity index (χ3n) is 1.37. The maximum atomic E-state index is 8.83. The quantitative estimate of drug-likeness (QED) is 0.623. The van der Waals surface area contributed by atoms with Gasteiger partial charge in [0.15, 0.2) is 0 Å². The van der Waals surface area contributed by atoms with Crippen LogP contribution in [0.15, 0.2) is 0 Å². The number of hydrogen-bond acceptors (Lipinski definition) is 3. The lowest BCUT2D eigenvalue weighted by Crippen LogP contribution is -2.13. The smallest absolute Gasteiger partial charge is 0.0745 e. The van der Waals surface area contributed by atoms with Crippen LogP contribution in [0.5, 0.6) is 0 Å². The SMILES string of the molecule is C.C.CCCCOCCOCC(C)O. The van der Waals surface area contributed by atoms with Crippen molar-refractivity contribution in [1.82, 2.24) is 0 Å². The van der Waals surface area contributed by atoms with Crippen molar-refractivity contribution in [2.45, 2.75) is 47.6 Å². The van der Waals surface area contributed by atoms with Gasteiger partial charge in [0.1, 0.15) is 0 Å². The van der Waals surface area contributed by atoms with Gasteiger partial charge in [-0.15, -0.1) is 0 Å². The number of unbranched alkanes of at least 4 members (excludes halogenated alkanes) is 1. The van der Waals surface area contributed by atoms with Crippen molar-refractivity contribution in [3.05, 3.63) is 0 Å². The van der Waals surface area contributed by atoms with E-state index in [-0.39, 0.29) is 21.0 Å². The highest BCUT2D eigenvalue weighted by molar-refractivity contribution is 4.41. The molecule has 0 aromatic heterocycles. The molecule has 0 amide bonds. The van der Waals surface area contributed by atoms with Gasteiger partial charge in [-0.2, -0.15) is 0 Å². The van der Waals surface area contributed by atoms with E-state index in [1.165, 1.54) is 0 Å². The molecule has 0 fully saturated rings. The zero-order valence-corrected chi connectivity index (χ0v) is 8.08. The molecular formula is C11H28O3. The van der Waals surface area contributed by atoms with Gasteiger partial charge in [0.2, 0.25) is 0 Å². The molecule has 0 bridgehead atoms. The van der Waals surface area contributed by atoms with Crippen molar-refractivity contribution in [2.24, 2.45) is 0 Å². The minimum atomic E-state index is -0.374. The van der Waals surface area contributed by atoms with Crippen LogP contribution >= 0.6 is 0 Å². The summed E-state index contributed by atoms with van der Waals surface area (Å²) in [6.45, 7) is 6.26. The van der Waals surface area contributed by atoms with E-state index in [0.717, 1.165) is 19.4 Å². The summed E-state index contributed by atoms with van der Waals surface area (Å²) in [5.41, 5.74) is 0. The Labute approximate surface area is 89.4 Å². The number of aliphatic hydroxyl groups is 1. The topological polar surface area (TPSA) is 38.7 Å². The molecule has 0 aromatic rings. The van der Waals surface area contributed by atoms with Crippen molar-refractivity contribution in [3.8, 4) is 0 Å². The molecule has 0 radical (unpaired) electrons. The summed E-state index contributed by atoms with van der Waals surface area (Å²) in [5, 5.41) is 8.83. The molecule has 0 aliphatic carbocycles. The molecule has 0 aromatic carbocycles. The molecule has 3 nitrogen and oxygen atoms in total. The Morgan fingerprint density at radius 2 is 1.64 bits per heavy atom. The number of rotatable bonds is 8. The Bertz CT molecular complexity index is 84.6. The molecule has 0 rings (SSSR count). The number of hydrogen-bond donors (Lipinski definition) is 1. The van der Waals surface area contributed by atoms with Crippen molar-refractivity contribution in [3.63, 3.8) is 0 Å². The van der Waals surface area contributed by atoms with E-state index in [4.69, 9.17) is 14.6 Å². The van der Waals surface area contributed by atoms with Crippen LogP contribution in [0.3, 0.4) is 0 Å². The highest BCUT2D eigenvalue weighted by Gasteiger charge is 1.94. The van der Waals surface area contributed by atoms with E-state index in [9.17, 15) is 0 Å². The van der Waals surface area contributed by atoms with Gasteiger partial charge in [-0.1, -0.05) is 28.2 Å². The molecule has 0 saturated carbocycles. The fourth-order valence-electron chi connectivity index (χ4n) is 0.720. The first-order valence-electron chi connectivity index (χ1n) is 4.61. The Morgan fingerprint density at radius 3 is 2.14 bits per heavy atom. The summed E-state index contributed by atoms with van der Waals surface area (Å²) in [4.78, 5) is 0. The summed E-state index contributed by atoms with van der Waals surface area (Å²) in [5.74, 6) is 0. The molecule has 0 heterocycles. The lowest BCUT2D eigenvalue weighted by molar-refractivity contribution is 0.00912. The molecule has 90 valence electrons. The molecule has 1 atom stereocenters. The van der Waals surface area contributed by atoms with Crippen LogP contribution in [0.1, 0.15) is 41.5 Å². The number of ether oxygens (including phenoxy) is 2. The van der Waals surface area contributed by atoms with E-state index in [1.54, 1.807) is 6.92 Å². The molecule has 14 heavy (non-hydrogen) atoms. The second-order valence-corrected chi connectivity index (χ2v) is 2.89. The highest BCUT2D eigenvalue weighted by Crippen LogP contribution is 1.88. The zero-order valence-electron chi connectivity index (χ0n) is 8.08. The van der Waals surface area contributed by atoms with Gasteiger partial charge >= 0.3 is 0 Å². The first kappa shape index (κ1) is 19.5. The van der Waals surface area contributed by atoms with Crippen LogP contribution in [-0.2, 0) is 9.47 Å². The second kappa shape index (κ2) is 15.4. The van der Waals surface area contributed by atoms with Gasteiger partial charge in [0.25, 0.3) is 0 Å². The maximum absolute atomic E-state index is 8.83. The van der Waals surface area contributed by atoms with Crippen LogP contribution in [-0.4, -0.2) is 37.6 Å². The predicted octanol–water partition coefficient (Wildman–Crippen LogP) is 2.47. The van der Waals surface area contributed by atoms with Gasteiger partial charge in [0.05, 0.1) is 25.9 Å². The molecule has 0 saturated heterocycles. The van der Waals surface area contributed by atoms with Gasteiger partial charge in [-0.25, -0.2) is 0 Å². The maximum Gasteiger partial charge on any atom is 0.0745 e. The molecule has 0 aliphatic heterocycles. The van der Waals surface area contributed by atoms with E-state index >= 15 is 0 Å². The summed E-state index contributed by atoms with van der Waals surface area (Å²) in [6, 6.07) is 0. The molecule has 1 N–H and O–H groups in total. The third kappa shape index (κ3) is 17.8. The van der Waals surface area contributed by atoms with E-state index < -0.39 is 0 Å². The minimum absolute atomic E-state index is 0. The van der Waals surface area contributed by atoms with Crippen molar-refractivity contribution < 1.29 is 14.6 Å². The monoisotopic (exact) mass is 208 g/mol.